The van der Waals surface area contributed by atoms with E-state index in [2.05, 4.69) is 16.7 Å². The molecule has 0 atom stereocenters. The van der Waals surface area contributed by atoms with E-state index in [0.29, 0.717) is 5.69 Å². The third kappa shape index (κ3) is 3.30. The van der Waals surface area contributed by atoms with E-state index in [1.165, 1.54) is 11.6 Å². The number of nitrogens with zero attached hydrogens (tertiary/aromatic N) is 1. The van der Waals surface area contributed by atoms with E-state index in [0.717, 1.165) is 32.5 Å². The summed E-state index contributed by atoms with van der Waals surface area (Å²) in [7, 11) is 0. The summed E-state index contributed by atoms with van der Waals surface area (Å²) >= 11 is 0. The van der Waals surface area contributed by atoms with Crippen molar-refractivity contribution in [3.05, 3.63) is 46.0 Å². The Morgan fingerprint density at radius 1 is 1.39 bits per heavy atom. The highest BCUT2D eigenvalue weighted by molar-refractivity contribution is 5.61. The fourth-order valence-corrected chi connectivity index (χ4v) is 2.04. The summed E-state index contributed by atoms with van der Waals surface area (Å²) < 4.78 is 0. The first-order valence-corrected chi connectivity index (χ1v) is 6.13. The van der Waals surface area contributed by atoms with Gasteiger partial charge < -0.3 is 10.6 Å². The fraction of sp³-hybridized carbons (Fsp3) is 0.385. The Labute approximate surface area is 106 Å². The zero-order chi connectivity index (χ0) is 12.8. The Hall–Kier alpha value is -1.88. The molecular weight excluding hydrogens is 230 g/mol. The Bertz CT molecular complexity index is 457. The molecule has 1 aliphatic rings. The van der Waals surface area contributed by atoms with Crippen molar-refractivity contribution in [3.63, 3.8) is 0 Å². The molecule has 0 radical (unpaired) electrons. The molecule has 0 fully saturated rings. The molecule has 0 aromatic heterocycles. The number of anilines is 1. The third-order valence-electron chi connectivity index (χ3n) is 3.02. The number of benzene rings is 1. The van der Waals surface area contributed by atoms with Crippen LogP contribution in [0.15, 0.2) is 35.9 Å². The van der Waals surface area contributed by atoms with Crippen molar-refractivity contribution >= 4 is 11.4 Å². The molecule has 2 rings (SSSR count). The summed E-state index contributed by atoms with van der Waals surface area (Å²) in [6.07, 6.45) is 4.21. The molecule has 0 saturated carbocycles. The molecule has 1 aromatic carbocycles. The quantitative estimate of drug-likeness (QED) is 0.476. The lowest BCUT2D eigenvalue weighted by atomic mass is 10.1. The van der Waals surface area contributed by atoms with Crippen LogP contribution < -0.4 is 10.6 Å². The zero-order valence-electron chi connectivity index (χ0n) is 10.2. The van der Waals surface area contributed by atoms with E-state index in [1.807, 2.05) is 0 Å². The number of nitro groups is 1. The topological polar surface area (TPSA) is 67.2 Å². The van der Waals surface area contributed by atoms with Gasteiger partial charge >= 0.3 is 0 Å². The molecule has 1 aliphatic heterocycles. The normalized spacial score (nSPS) is 15.0. The number of rotatable bonds is 5. The van der Waals surface area contributed by atoms with Gasteiger partial charge in [0, 0.05) is 19.2 Å². The molecule has 18 heavy (non-hydrogen) atoms. The second-order valence-electron chi connectivity index (χ2n) is 4.27. The largest absolute Gasteiger partial charge is 0.379 e. The molecule has 2 N–H and O–H groups in total. The van der Waals surface area contributed by atoms with Gasteiger partial charge in [-0.15, -0.1) is 0 Å². The van der Waals surface area contributed by atoms with Crippen LogP contribution >= 0.6 is 0 Å². The first-order chi connectivity index (χ1) is 8.77. The van der Waals surface area contributed by atoms with Gasteiger partial charge in [0.15, 0.2) is 0 Å². The molecule has 0 bridgehead atoms. The molecule has 0 amide bonds. The highest BCUT2D eigenvalue weighted by Crippen LogP contribution is 2.23. The number of hydrogen-bond donors (Lipinski definition) is 2. The first kappa shape index (κ1) is 12.6. The van der Waals surface area contributed by atoms with Gasteiger partial charge in [0.1, 0.15) is 5.69 Å². The van der Waals surface area contributed by atoms with Gasteiger partial charge in [-0.05, 0) is 25.5 Å². The Kier molecular flexibility index (Phi) is 4.30. The summed E-state index contributed by atoms with van der Waals surface area (Å²) in [5.41, 5.74) is 2.15. The average molecular weight is 247 g/mol. The Morgan fingerprint density at radius 2 is 2.22 bits per heavy atom. The molecule has 0 spiro atoms. The van der Waals surface area contributed by atoms with Gasteiger partial charge in [-0.3, -0.25) is 10.1 Å². The molecule has 0 saturated heterocycles. The first-order valence-electron chi connectivity index (χ1n) is 6.13. The number of nitro benzene ring substituents is 1. The minimum absolute atomic E-state index is 0.136. The van der Waals surface area contributed by atoms with E-state index in [9.17, 15) is 10.1 Å². The molecule has 1 aromatic rings. The van der Waals surface area contributed by atoms with Gasteiger partial charge in [-0.1, -0.05) is 23.8 Å². The maximum Gasteiger partial charge on any atom is 0.292 e. The van der Waals surface area contributed by atoms with Crippen LogP contribution in [0.4, 0.5) is 11.4 Å². The lowest BCUT2D eigenvalue weighted by molar-refractivity contribution is -0.384. The van der Waals surface area contributed by atoms with E-state index in [4.69, 9.17) is 0 Å². The lowest BCUT2D eigenvalue weighted by Crippen LogP contribution is -2.21. The predicted octanol–water partition coefficient (Wildman–Crippen LogP) is 2.32. The number of para-hydroxylation sites is 2. The Morgan fingerprint density at radius 3 is 2.94 bits per heavy atom. The monoisotopic (exact) mass is 247 g/mol. The molecule has 1 heterocycles. The number of hydrogen-bond acceptors (Lipinski definition) is 4. The van der Waals surface area contributed by atoms with Gasteiger partial charge in [-0.2, -0.15) is 0 Å². The van der Waals surface area contributed by atoms with Crippen LogP contribution in [0.1, 0.15) is 12.8 Å². The minimum Gasteiger partial charge on any atom is -0.379 e. The van der Waals surface area contributed by atoms with E-state index in [-0.39, 0.29) is 10.6 Å². The van der Waals surface area contributed by atoms with Crippen molar-refractivity contribution in [2.45, 2.75) is 12.8 Å². The summed E-state index contributed by atoms with van der Waals surface area (Å²) in [5, 5.41) is 17.2. The van der Waals surface area contributed by atoms with Gasteiger partial charge in [0.25, 0.3) is 5.69 Å². The van der Waals surface area contributed by atoms with Gasteiger partial charge in [0.05, 0.1) is 4.92 Å². The van der Waals surface area contributed by atoms with Crippen molar-refractivity contribution in [1.82, 2.24) is 5.32 Å². The second-order valence-corrected chi connectivity index (χ2v) is 4.27. The maximum absolute atomic E-state index is 10.8. The summed E-state index contributed by atoms with van der Waals surface area (Å²) in [5.74, 6) is 0. The smallest absolute Gasteiger partial charge is 0.292 e. The minimum atomic E-state index is -0.355. The average Bonchev–Trinajstić information content (AvgIpc) is 2.40. The summed E-state index contributed by atoms with van der Waals surface area (Å²) in [4.78, 5) is 10.5. The predicted molar refractivity (Wildman–Crippen MR) is 71.8 cm³/mol. The third-order valence-corrected chi connectivity index (χ3v) is 3.02. The standard InChI is InChI=1S/C13H17N3O2/c17-16(18)13-4-2-1-3-12(13)15-10-7-11-5-8-14-9-6-11/h1-5,14-15H,6-10H2. The number of nitrogens with one attached hydrogen (secondary N) is 2. The summed E-state index contributed by atoms with van der Waals surface area (Å²) in [6.45, 7) is 2.69. The summed E-state index contributed by atoms with van der Waals surface area (Å²) in [6, 6.07) is 6.75. The van der Waals surface area contributed by atoms with Gasteiger partial charge in [0.2, 0.25) is 0 Å². The van der Waals surface area contributed by atoms with Crippen LogP contribution in [0.2, 0.25) is 0 Å². The van der Waals surface area contributed by atoms with Crippen molar-refractivity contribution in [3.8, 4) is 0 Å². The molecule has 96 valence electrons. The molecule has 0 unspecified atom stereocenters. The van der Waals surface area contributed by atoms with E-state index >= 15 is 0 Å². The highest BCUT2D eigenvalue weighted by atomic mass is 16.6. The van der Waals surface area contributed by atoms with E-state index < -0.39 is 0 Å². The molecule has 5 nitrogen and oxygen atoms in total. The van der Waals surface area contributed by atoms with Crippen molar-refractivity contribution in [1.29, 1.82) is 0 Å². The van der Waals surface area contributed by atoms with E-state index in [1.54, 1.807) is 18.2 Å². The van der Waals surface area contributed by atoms with Crippen LogP contribution in [0.25, 0.3) is 0 Å². The maximum atomic E-state index is 10.8. The van der Waals surface area contributed by atoms with Crippen molar-refractivity contribution in [2.75, 3.05) is 25.0 Å². The fourth-order valence-electron chi connectivity index (χ4n) is 2.04. The zero-order valence-corrected chi connectivity index (χ0v) is 10.2. The molecule has 0 aliphatic carbocycles. The van der Waals surface area contributed by atoms with Gasteiger partial charge in [-0.25, -0.2) is 0 Å². The van der Waals surface area contributed by atoms with Crippen LogP contribution in [-0.2, 0) is 0 Å². The van der Waals surface area contributed by atoms with Crippen LogP contribution in [0, 0.1) is 10.1 Å². The molecular formula is C13H17N3O2. The van der Waals surface area contributed by atoms with Crippen molar-refractivity contribution < 1.29 is 4.92 Å². The lowest BCUT2D eigenvalue weighted by Gasteiger charge is -2.14. The van der Waals surface area contributed by atoms with Crippen molar-refractivity contribution in [2.24, 2.45) is 0 Å². The Balaban J connectivity index is 1.90. The molecule has 5 heteroatoms. The van der Waals surface area contributed by atoms with Crippen LogP contribution in [0.3, 0.4) is 0 Å². The van der Waals surface area contributed by atoms with Crippen LogP contribution in [0.5, 0.6) is 0 Å². The highest BCUT2D eigenvalue weighted by Gasteiger charge is 2.11. The SMILES string of the molecule is O=[N+]([O-])c1ccccc1NCCC1=CCNCC1. The van der Waals surface area contributed by atoms with Crippen LogP contribution in [-0.4, -0.2) is 24.6 Å². The second kappa shape index (κ2) is 6.16.